The summed E-state index contributed by atoms with van der Waals surface area (Å²) >= 11 is 0. The molecule has 128 valence electrons. The van der Waals surface area contributed by atoms with E-state index in [-0.39, 0.29) is 5.91 Å². The van der Waals surface area contributed by atoms with Gasteiger partial charge in [0.05, 0.1) is 13.7 Å². The zero-order valence-corrected chi connectivity index (χ0v) is 14.6. The van der Waals surface area contributed by atoms with E-state index in [1.54, 1.807) is 7.11 Å². The number of carbonyl (C=O) groups excluding carboxylic acids is 1. The van der Waals surface area contributed by atoms with Gasteiger partial charge in [-0.15, -0.1) is 0 Å². The van der Waals surface area contributed by atoms with Crippen LogP contribution in [0.1, 0.15) is 61.9 Å². The van der Waals surface area contributed by atoms with Gasteiger partial charge in [-0.1, -0.05) is 33.1 Å². The first-order valence-corrected chi connectivity index (χ1v) is 8.65. The van der Waals surface area contributed by atoms with Gasteiger partial charge in [0.2, 0.25) is 0 Å². The van der Waals surface area contributed by atoms with Gasteiger partial charge >= 0.3 is 0 Å². The molecule has 4 heteroatoms. The number of benzene rings is 1. The highest BCUT2D eigenvalue weighted by atomic mass is 16.5. The molecule has 0 spiro atoms. The largest absolute Gasteiger partial charge is 0.496 e. The maximum atomic E-state index is 12.5. The van der Waals surface area contributed by atoms with E-state index in [1.165, 1.54) is 19.3 Å². The molecule has 2 rings (SSSR count). The van der Waals surface area contributed by atoms with Gasteiger partial charge in [0.15, 0.2) is 0 Å². The molecule has 4 nitrogen and oxygen atoms in total. The van der Waals surface area contributed by atoms with E-state index in [1.807, 2.05) is 18.2 Å². The van der Waals surface area contributed by atoms with Crippen LogP contribution in [0, 0.1) is 5.92 Å². The standard InChI is InChI=1S/C19H29NO3/c1-14(2)12-23-13-16-11-15(9-10-18(16)22-3)19(21)20-17-7-5-4-6-8-17/h9-11,14,17H,4-8,12-13H2,1-3H3,(H,20,21). The van der Waals surface area contributed by atoms with Crippen molar-refractivity contribution >= 4 is 5.91 Å². The van der Waals surface area contributed by atoms with Crippen LogP contribution in [0.5, 0.6) is 5.75 Å². The maximum Gasteiger partial charge on any atom is 0.251 e. The Kier molecular flexibility index (Phi) is 6.90. The lowest BCUT2D eigenvalue weighted by Crippen LogP contribution is -2.36. The van der Waals surface area contributed by atoms with Crippen molar-refractivity contribution in [1.29, 1.82) is 0 Å². The Morgan fingerprint density at radius 2 is 2.00 bits per heavy atom. The minimum absolute atomic E-state index is 0.00432. The molecule has 0 bridgehead atoms. The summed E-state index contributed by atoms with van der Waals surface area (Å²) in [7, 11) is 1.64. The first-order valence-electron chi connectivity index (χ1n) is 8.65. The number of nitrogens with one attached hydrogen (secondary N) is 1. The lowest BCUT2D eigenvalue weighted by atomic mass is 9.95. The summed E-state index contributed by atoms with van der Waals surface area (Å²) in [6.45, 7) is 5.39. The van der Waals surface area contributed by atoms with Crippen molar-refractivity contribution in [1.82, 2.24) is 5.32 Å². The molecule has 1 aliphatic rings. The number of rotatable bonds is 7. The average Bonchev–Trinajstić information content (AvgIpc) is 2.55. The fourth-order valence-electron chi connectivity index (χ4n) is 2.95. The molecule has 1 fully saturated rings. The monoisotopic (exact) mass is 319 g/mol. The molecule has 0 atom stereocenters. The summed E-state index contributed by atoms with van der Waals surface area (Å²) in [5, 5.41) is 3.15. The highest BCUT2D eigenvalue weighted by Crippen LogP contribution is 2.22. The normalized spacial score (nSPS) is 15.7. The number of hydrogen-bond acceptors (Lipinski definition) is 3. The van der Waals surface area contributed by atoms with Crippen LogP contribution >= 0.6 is 0 Å². The molecule has 0 heterocycles. The van der Waals surface area contributed by atoms with Crippen molar-refractivity contribution in [2.75, 3.05) is 13.7 Å². The van der Waals surface area contributed by atoms with Crippen LogP contribution in [0.15, 0.2) is 18.2 Å². The van der Waals surface area contributed by atoms with Crippen LogP contribution in [0.3, 0.4) is 0 Å². The van der Waals surface area contributed by atoms with E-state index < -0.39 is 0 Å². The Morgan fingerprint density at radius 3 is 2.65 bits per heavy atom. The van der Waals surface area contributed by atoms with E-state index in [2.05, 4.69) is 19.2 Å². The predicted octanol–water partition coefficient (Wildman–Crippen LogP) is 3.93. The van der Waals surface area contributed by atoms with Crippen LogP contribution < -0.4 is 10.1 Å². The lowest BCUT2D eigenvalue weighted by Gasteiger charge is -2.23. The van der Waals surface area contributed by atoms with Crippen molar-refractivity contribution in [3.8, 4) is 5.75 Å². The minimum Gasteiger partial charge on any atom is -0.496 e. The summed E-state index contributed by atoms with van der Waals surface area (Å²) in [6.07, 6.45) is 5.88. The molecule has 0 aliphatic heterocycles. The average molecular weight is 319 g/mol. The third-order valence-corrected chi connectivity index (χ3v) is 4.19. The van der Waals surface area contributed by atoms with Gasteiger partial charge in [-0.05, 0) is 37.0 Å². The fraction of sp³-hybridized carbons (Fsp3) is 0.632. The van der Waals surface area contributed by atoms with Gasteiger partial charge < -0.3 is 14.8 Å². The van der Waals surface area contributed by atoms with Gasteiger partial charge in [-0.2, -0.15) is 0 Å². The Hall–Kier alpha value is -1.55. The van der Waals surface area contributed by atoms with Crippen molar-refractivity contribution in [2.24, 2.45) is 5.92 Å². The van der Waals surface area contributed by atoms with Gasteiger partial charge in [0.1, 0.15) is 5.75 Å². The predicted molar refractivity (Wildman–Crippen MR) is 91.8 cm³/mol. The SMILES string of the molecule is COc1ccc(C(=O)NC2CCCCC2)cc1COCC(C)C. The minimum atomic E-state index is 0.00432. The molecule has 0 radical (unpaired) electrons. The highest BCUT2D eigenvalue weighted by Gasteiger charge is 2.17. The highest BCUT2D eigenvalue weighted by molar-refractivity contribution is 5.94. The molecule has 1 aromatic carbocycles. The zero-order valence-electron chi connectivity index (χ0n) is 14.6. The Morgan fingerprint density at radius 1 is 1.26 bits per heavy atom. The molecular weight excluding hydrogens is 290 g/mol. The quantitative estimate of drug-likeness (QED) is 0.828. The van der Waals surface area contributed by atoms with Crippen LogP contribution in [-0.4, -0.2) is 25.7 Å². The number of amides is 1. The van der Waals surface area contributed by atoms with E-state index in [0.717, 1.165) is 24.2 Å². The van der Waals surface area contributed by atoms with Gasteiger partial charge in [-0.25, -0.2) is 0 Å². The van der Waals surface area contributed by atoms with E-state index in [4.69, 9.17) is 9.47 Å². The molecule has 0 unspecified atom stereocenters. The van der Waals surface area contributed by atoms with Crippen molar-refractivity contribution in [3.05, 3.63) is 29.3 Å². The molecular formula is C19H29NO3. The molecule has 23 heavy (non-hydrogen) atoms. The second-order valence-electron chi connectivity index (χ2n) is 6.74. The number of hydrogen-bond donors (Lipinski definition) is 1. The third kappa shape index (κ3) is 5.54. The van der Waals surface area contributed by atoms with Gasteiger partial charge in [0, 0.05) is 23.8 Å². The second kappa shape index (κ2) is 8.92. The molecule has 0 saturated heterocycles. The first kappa shape index (κ1) is 17.8. The summed E-state index contributed by atoms with van der Waals surface area (Å²) in [5.41, 5.74) is 1.60. The molecule has 1 saturated carbocycles. The van der Waals surface area contributed by atoms with Crippen LogP contribution in [0.25, 0.3) is 0 Å². The Bertz CT molecular complexity index is 507. The molecule has 1 aliphatic carbocycles. The third-order valence-electron chi connectivity index (χ3n) is 4.19. The molecule has 0 aromatic heterocycles. The van der Waals surface area contributed by atoms with E-state index in [9.17, 15) is 4.79 Å². The van der Waals surface area contributed by atoms with Crippen LogP contribution in [-0.2, 0) is 11.3 Å². The van der Waals surface area contributed by atoms with Crippen LogP contribution in [0.2, 0.25) is 0 Å². The number of carbonyl (C=O) groups is 1. The van der Waals surface area contributed by atoms with Crippen molar-refractivity contribution in [2.45, 2.75) is 58.6 Å². The van der Waals surface area contributed by atoms with Crippen molar-refractivity contribution in [3.63, 3.8) is 0 Å². The zero-order chi connectivity index (χ0) is 16.7. The fourth-order valence-corrected chi connectivity index (χ4v) is 2.95. The van der Waals surface area contributed by atoms with Gasteiger partial charge in [-0.3, -0.25) is 4.79 Å². The first-order chi connectivity index (χ1) is 11.1. The molecule has 1 amide bonds. The summed E-state index contributed by atoms with van der Waals surface area (Å²) in [5.74, 6) is 1.26. The summed E-state index contributed by atoms with van der Waals surface area (Å²) in [4.78, 5) is 12.5. The van der Waals surface area contributed by atoms with E-state index >= 15 is 0 Å². The maximum absolute atomic E-state index is 12.5. The molecule has 1 aromatic rings. The number of methoxy groups -OCH3 is 1. The van der Waals surface area contributed by atoms with Crippen LogP contribution in [0.4, 0.5) is 0 Å². The number of ether oxygens (including phenoxy) is 2. The second-order valence-corrected chi connectivity index (χ2v) is 6.74. The van der Waals surface area contributed by atoms with E-state index in [0.29, 0.717) is 30.7 Å². The Balaban J connectivity index is 2.01. The Labute approximate surface area is 139 Å². The smallest absolute Gasteiger partial charge is 0.251 e. The van der Waals surface area contributed by atoms with Gasteiger partial charge in [0.25, 0.3) is 5.91 Å². The lowest BCUT2D eigenvalue weighted by molar-refractivity contribution is 0.0920. The summed E-state index contributed by atoms with van der Waals surface area (Å²) < 4.78 is 11.1. The van der Waals surface area contributed by atoms with Crippen molar-refractivity contribution < 1.29 is 14.3 Å². The summed E-state index contributed by atoms with van der Waals surface area (Å²) in [6, 6.07) is 5.88. The molecule has 1 N–H and O–H groups in total. The topological polar surface area (TPSA) is 47.6 Å².